The predicted molar refractivity (Wildman–Crippen MR) is 95.9 cm³/mol. The Labute approximate surface area is 154 Å². The molecule has 0 radical (unpaired) electrons. The van der Waals surface area contributed by atoms with E-state index in [4.69, 9.17) is 25.0 Å². The molecule has 2 aromatic carbocycles. The van der Waals surface area contributed by atoms with Crippen LogP contribution < -0.4 is 5.73 Å². The minimum absolute atomic E-state index is 0.127. The maximum Gasteiger partial charge on any atom is 0.466 e. The molecule has 0 heterocycles. The minimum Gasteiger partial charge on any atom is -0.330 e. The van der Waals surface area contributed by atoms with Crippen LogP contribution >= 0.6 is 19.6 Å². The van der Waals surface area contributed by atoms with E-state index in [0.717, 1.165) is 40.2 Å². The van der Waals surface area contributed by atoms with E-state index in [1.54, 1.807) is 12.1 Å². The number of benzene rings is 2. The van der Waals surface area contributed by atoms with Crippen molar-refractivity contribution in [2.24, 2.45) is 5.73 Å². The van der Waals surface area contributed by atoms with Crippen LogP contribution in [0.3, 0.4) is 0 Å². The largest absolute Gasteiger partial charge is 0.466 e. The van der Waals surface area contributed by atoms with Crippen LogP contribution in [-0.2, 0) is 11.0 Å². The average Bonchev–Trinajstić information content (AvgIpc) is 2.52. The number of fused-ring (bicyclic) bond motifs is 1. The van der Waals surface area contributed by atoms with Crippen molar-refractivity contribution in [1.82, 2.24) is 0 Å². The summed E-state index contributed by atoms with van der Waals surface area (Å²) < 4.78 is 36.5. The molecule has 1 aliphatic rings. The van der Waals surface area contributed by atoms with Crippen molar-refractivity contribution in [3.05, 3.63) is 59.2 Å². The first kappa shape index (κ1) is 21.0. The zero-order chi connectivity index (χ0) is 19.3. The normalized spacial score (nSPS) is 16.5. The first-order valence-electron chi connectivity index (χ1n) is 7.91. The summed E-state index contributed by atoms with van der Waals surface area (Å²) in [5, 5.41) is 0. The van der Waals surface area contributed by atoms with Gasteiger partial charge in [-0.05, 0) is 73.2 Å². The summed E-state index contributed by atoms with van der Waals surface area (Å²) in [7, 11) is -4.64. The predicted octanol–water partition coefficient (Wildman–Crippen LogP) is 3.57. The van der Waals surface area contributed by atoms with Crippen LogP contribution in [0.2, 0.25) is 0 Å². The van der Waals surface area contributed by atoms with Crippen molar-refractivity contribution < 1.29 is 28.0 Å². The average molecular weight is 403 g/mol. The molecule has 0 saturated heterocycles. The maximum atomic E-state index is 14.4. The second kappa shape index (κ2) is 9.08. The Balaban J connectivity index is 0.000000431. The summed E-state index contributed by atoms with van der Waals surface area (Å²) in [6, 6.07) is 9.93. The van der Waals surface area contributed by atoms with E-state index >= 15 is 0 Å². The van der Waals surface area contributed by atoms with Crippen molar-refractivity contribution in [2.75, 3.05) is 6.54 Å². The number of nitrogens with two attached hydrogens (primary N) is 1. The number of hydrogen-bond acceptors (Lipinski definition) is 3. The summed E-state index contributed by atoms with van der Waals surface area (Å²) in [5.41, 5.74) is 7.59. The van der Waals surface area contributed by atoms with E-state index in [1.807, 2.05) is 12.1 Å². The van der Waals surface area contributed by atoms with Crippen LogP contribution in [-0.4, -0.2) is 21.2 Å². The Morgan fingerprint density at radius 3 is 2.46 bits per heavy atom. The van der Waals surface area contributed by atoms with Crippen LogP contribution in [0.25, 0.3) is 0 Å². The molecule has 0 aliphatic heterocycles. The topological polar surface area (TPSA) is 104 Å². The Bertz CT molecular complexity index is 807. The lowest BCUT2D eigenvalue weighted by Gasteiger charge is -2.25. The van der Waals surface area contributed by atoms with Crippen molar-refractivity contribution in [3.63, 3.8) is 0 Å². The first-order valence-corrected chi connectivity index (χ1v) is 10.3. The van der Waals surface area contributed by atoms with E-state index in [9.17, 15) is 8.78 Å². The van der Waals surface area contributed by atoms with Gasteiger partial charge < -0.3 is 20.4 Å². The van der Waals surface area contributed by atoms with E-state index in [0.29, 0.717) is 6.54 Å². The van der Waals surface area contributed by atoms with Gasteiger partial charge in [0.05, 0.1) is 0 Å². The zero-order valence-electron chi connectivity index (χ0n) is 13.8. The molecular formula is C17H20F2NO4PS. The molecule has 0 aromatic heterocycles. The third-order valence-electron chi connectivity index (χ3n) is 3.91. The molecule has 142 valence electrons. The number of halogens is 2. The molecule has 1 atom stereocenters. The number of rotatable bonds is 3. The molecule has 26 heavy (non-hydrogen) atoms. The Morgan fingerprint density at radius 1 is 1.15 bits per heavy atom. The van der Waals surface area contributed by atoms with Crippen LogP contribution in [0.5, 0.6) is 0 Å². The van der Waals surface area contributed by atoms with Crippen molar-refractivity contribution in [2.45, 2.75) is 35.0 Å². The van der Waals surface area contributed by atoms with Crippen LogP contribution in [0.4, 0.5) is 8.78 Å². The molecule has 0 fully saturated rings. The molecule has 0 saturated carbocycles. The standard InChI is InChI=1S/C17H17F2NS.H3O4P/c18-13-5-2-6-14(8-13)21-15-7-11-3-1-4-12(10-20)17(11)16(19)9-15;1-5(2,3)4/h2,5-9,12H,1,3-4,10,20H2;(H3,1,2,3,4)/t12-;/m0./s1. The lowest BCUT2D eigenvalue weighted by atomic mass is 9.82. The second-order valence-corrected chi connectivity index (χ2v) is 8.05. The van der Waals surface area contributed by atoms with E-state index in [-0.39, 0.29) is 17.6 Å². The number of hydrogen-bond donors (Lipinski definition) is 4. The highest BCUT2D eigenvalue weighted by Gasteiger charge is 2.23. The van der Waals surface area contributed by atoms with Gasteiger partial charge in [0.25, 0.3) is 0 Å². The number of aryl methyl sites for hydroxylation is 1. The quantitative estimate of drug-likeness (QED) is 0.585. The van der Waals surface area contributed by atoms with Gasteiger partial charge >= 0.3 is 7.82 Å². The highest BCUT2D eigenvalue weighted by molar-refractivity contribution is 7.99. The summed E-state index contributed by atoms with van der Waals surface area (Å²) in [6.45, 7) is 0.486. The highest BCUT2D eigenvalue weighted by Crippen LogP contribution is 2.37. The van der Waals surface area contributed by atoms with Gasteiger partial charge in [0, 0.05) is 9.79 Å². The summed E-state index contributed by atoms with van der Waals surface area (Å²) in [5.74, 6) is -0.329. The minimum atomic E-state index is -4.64. The van der Waals surface area contributed by atoms with Gasteiger partial charge in [-0.1, -0.05) is 17.8 Å². The fraction of sp³-hybridized carbons (Fsp3) is 0.294. The van der Waals surface area contributed by atoms with E-state index < -0.39 is 7.82 Å². The van der Waals surface area contributed by atoms with Gasteiger partial charge in [-0.3, -0.25) is 0 Å². The summed E-state index contributed by atoms with van der Waals surface area (Å²) in [6.07, 6.45) is 2.89. The van der Waals surface area contributed by atoms with Gasteiger partial charge in [0.15, 0.2) is 0 Å². The molecule has 5 nitrogen and oxygen atoms in total. The Kier molecular flexibility index (Phi) is 7.34. The molecule has 0 bridgehead atoms. The monoisotopic (exact) mass is 403 g/mol. The molecule has 1 aliphatic carbocycles. The maximum absolute atomic E-state index is 14.4. The SMILES string of the molecule is NC[C@@H]1CCCc2cc(Sc3cccc(F)c3)cc(F)c21.O=P(O)(O)O. The number of phosphoric acid groups is 1. The lowest BCUT2D eigenvalue weighted by molar-refractivity contribution is 0.275. The molecule has 5 N–H and O–H groups in total. The van der Waals surface area contributed by atoms with Crippen LogP contribution in [0.15, 0.2) is 46.2 Å². The fourth-order valence-electron chi connectivity index (χ4n) is 2.96. The van der Waals surface area contributed by atoms with E-state index in [1.165, 1.54) is 23.9 Å². The third kappa shape index (κ3) is 6.46. The Morgan fingerprint density at radius 2 is 1.85 bits per heavy atom. The molecule has 9 heteroatoms. The van der Waals surface area contributed by atoms with Crippen molar-refractivity contribution >= 4 is 19.6 Å². The van der Waals surface area contributed by atoms with Crippen LogP contribution in [0, 0.1) is 11.6 Å². The molecule has 0 unspecified atom stereocenters. The van der Waals surface area contributed by atoms with Gasteiger partial charge in [0.2, 0.25) is 0 Å². The van der Waals surface area contributed by atoms with Gasteiger partial charge in [0.1, 0.15) is 11.6 Å². The van der Waals surface area contributed by atoms with Crippen LogP contribution in [0.1, 0.15) is 29.9 Å². The molecule has 0 amide bonds. The molecule has 0 spiro atoms. The second-order valence-electron chi connectivity index (χ2n) is 5.88. The molecule has 2 aromatic rings. The van der Waals surface area contributed by atoms with Gasteiger partial charge in [-0.2, -0.15) is 0 Å². The smallest absolute Gasteiger partial charge is 0.330 e. The van der Waals surface area contributed by atoms with Gasteiger partial charge in [-0.15, -0.1) is 0 Å². The van der Waals surface area contributed by atoms with Crippen molar-refractivity contribution in [1.29, 1.82) is 0 Å². The van der Waals surface area contributed by atoms with Gasteiger partial charge in [-0.25, -0.2) is 13.3 Å². The zero-order valence-corrected chi connectivity index (χ0v) is 15.5. The summed E-state index contributed by atoms with van der Waals surface area (Å²) in [4.78, 5) is 23.2. The van der Waals surface area contributed by atoms with E-state index in [2.05, 4.69) is 0 Å². The third-order valence-corrected chi connectivity index (χ3v) is 4.87. The fourth-order valence-corrected chi connectivity index (χ4v) is 3.91. The first-order chi connectivity index (χ1) is 12.2. The lowest BCUT2D eigenvalue weighted by Crippen LogP contribution is -2.19. The van der Waals surface area contributed by atoms with Crippen molar-refractivity contribution in [3.8, 4) is 0 Å². The molecular weight excluding hydrogens is 383 g/mol. The summed E-state index contributed by atoms with van der Waals surface area (Å²) >= 11 is 1.39. The molecule has 3 rings (SSSR count). The highest BCUT2D eigenvalue weighted by atomic mass is 32.2. The Hall–Kier alpha value is -1.28.